The molecule has 2 aromatic rings. The third-order valence-electron chi connectivity index (χ3n) is 3.35. The van der Waals surface area contributed by atoms with E-state index in [1.807, 2.05) is 25.1 Å². The molecule has 0 unspecified atom stereocenters. The van der Waals surface area contributed by atoms with Crippen LogP contribution in [0.3, 0.4) is 0 Å². The molecule has 0 bridgehead atoms. The number of nitrogens with two attached hydrogens (primary N) is 1. The van der Waals surface area contributed by atoms with Crippen molar-refractivity contribution in [2.24, 2.45) is 0 Å². The Morgan fingerprint density at radius 1 is 1.17 bits per heavy atom. The molecule has 0 atom stereocenters. The Labute approximate surface area is 134 Å². The summed E-state index contributed by atoms with van der Waals surface area (Å²) < 4.78 is 10.00. The highest BCUT2D eigenvalue weighted by Gasteiger charge is 2.22. The highest BCUT2D eigenvalue weighted by Crippen LogP contribution is 2.28. The Morgan fingerprint density at radius 2 is 1.87 bits per heavy atom. The second-order valence-electron chi connectivity index (χ2n) is 5.07. The maximum atomic E-state index is 12.2. The molecule has 23 heavy (non-hydrogen) atoms. The fourth-order valence-electron chi connectivity index (χ4n) is 2.36. The lowest BCUT2D eigenvalue weighted by atomic mass is 10.0. The van der Waals surface area contributed by atoms with E-state index in [0.717, 1.165) is 5.56 Å². The van der Waals surface area contributed by atoms with Crippen molar-refractivity contribution in [1.82, 2.24) is 4.98 Å². The molecule has 1 heterocycles. The van der Waals surface area contributed by atoms with Crippen LogP contribution < -0.4 is 5.73 Å². The number of ether oxygens (including phenoxy) is 2. The predicted molar refractivity (Wildman–Crippen MR) is 87.2 cm³/mol. The molecule has 0 aliphatic heterocycles. The average molecular weight is 316 g/mol. The molecule has 0 aliphatic carbocycles. The fourth-order valence-corrected chi connectivity index (χ4v) is 2.36. The van der Waals surface area contributed by atoms with Crippen molar-refractivity contribution in [2.45, 2.75) is 27.2 Å². The molecule has 2 N–H and O–H groups in total. The molecule has 0 aliphatic rings. The number of rotatable bonds is 5. The number of carbonyl (C=O) groups is 2. The molecule has 1 aromatic carbocycles. The van der Waals surface area contributed by atoms with Crippen LogP contribution in [0.25, 0.3) is 10.9 Å². The normalized spacial score (nSPS) is 10.6. The summed E-state index contributed by atoms with van der Waals surface area (Å²) in [5.41, 5.74) is 8.48. The largest absolute Gasteiger partial charge is 0.466 e. The van der Waals surface area contributed by atoms with Crippen LogP contribution in [0.1, 0.15) is 35.5 Å². The van der Waals surface area contributed by atoms with E-state index < -0.39 is 11.9 Å². The minimum atomic E-state index is -0.584. The molecule has 0 amide bonds. The number of aromatic nitrogens is 1. The van der Waals surface area contributed by atoms with E-state index in [1.165, 1.54) is 0 Å². The van der Waals surface area contributed by atoms with Crippen LogP contribution in [0.2, 0.25) is 0 Å². The van der Waals surface area contributed by atoms with Gasteiger partial charge in [0.15, 0.2) is 0 Å². The number of hydrogen-bond acceptors (Lipinski definition) is 6. The average Bonchev–Trinajstić information content (AvgIpc) is 2.47. The lowest BCUT2D eigenvalue weighted by Gasteiger charge is -2.13. The first-order valence-corrected chi connectivity index (χ1v) is 7.49. The third-order valence-corrected chi connectivity index (χ3v) is 3.35. The molecule has 6 heteroatoms. The van der Waals surface area contributed by atoms with Gasteiger partial charge in [-0.2, -0.15) is 0 Å². The molecule has 0 saturated carbocycles. The van der Waals surface area contributed by atoms with Gasteiger partial charge in [0.2, 0.25) is 0 Å². The van der Waals surface area contributed by atoms with E-state index in [2.05, 4.69) is 4.98 Å². The molecule has 1 aromatic heterocycles. The molecule has 0 radical (unpaired) electrons. The van der Waals surface area contributed by atoms with Gasteiger partial charge in [-0.15, -0.1) is 0 Å². The standard InChI is InChI=1S/C17H20N2O4/c1-4-22-14(20)9-13-15(17(21)23-5-2)16(18)11-7-6-10(3)8-12(11)19-13/h6-8H,4-5,9H2,1-3H3,(H2,18,19). The van der Waals surface area contributed by atoms with Gasteiger partial charge in [0, 0.05) is 5.39 Å². The summed E-state index contributed by atoms with van der Waals surface area (Å²) in [6.07, 6.45) is -0.129. The number of carbonyl (C=O) groups excluding carboxylic acids is 2. The summed E-state index contributed by atoms with van der Waals surface area (Å²) in [4.78, 5) is 28.5. The number of pyridine rings is 1. The van der Waals surface area contributed by atoms with Gasteiger partial charge in [-0.25, -0.2) is 4.79 Å². The van der Waals surface area contributed by atoms with Gasteiger partial charge >= 0.3 is 11.9 Å². The summed E-state index contributed by atoms with van der Waals surface area (Å²) in [5, 5.41) is 0.659. The summed E-state index contributed by atoms with van der Waals surface area (Å²) in [6.45, 7) is 5.83. The van der Waals surface area contributed by atoms with Crippen molar-refractivity contribution in [3.05, 3.63) is 35.0 Å². The minimum Gasteiger partial charge on any atom is -0.466 e. The van der Waals surface area contributed by atoms with E-state index in [0.29, 0.717) is 10.9 Å². The van der Waals surface area contributed by atoms with E-state index in [-0.39, 0.29) is 36.6 Å². The lowest BCUT2D eigenvalue weighted by molar-refractivity contribution is -0.142. The number of fused-ring (bicyclic) bond motifs is 1. The van der Waals surface area contributed by atoms with Crippen LogP contribution in [-0.4, -0.2) is 30.1 Å². The second kappa shape index (κ2) is 7.09. The molecule has 0 saturated heterocycles. The summed E-state index contributed by atoms with van der Waals surface area (Å²) in [7, 11) is 0. The van der Waals surface area contributed by atoms with Crippen molar-refractivity contribution >= 4 is 28.5 Å². The maximum Gasteiger partial charge on any atom is 0.342 e. The lowest BCUT2D eigenvalue weighted by Crippen LogP contribution is -2.17. The van der Waals surface area contributed by atoms with Crippen molar-refractivity contribution in [2.75, 3.05) is 18.9 Å². The molecule has 122 valence electrons. The highest BCUT2D eigenvalue weighted by molar-refractivity contribution is 6.06. The van der Waals surface area contributed by atoms with Crippen molar-refractivity contribution < 1.29 is 19.1 Å². The smallest absolute Gasteiger partial charge is 0.342 e. The monoisotopic (exact) mass is 316 g/mol. The SMILES string of the molecule is CCOC(=O)Cc1nc2cc(C)ccc2c(N)c1C(=O)OCC. The minimum absolute atomic E-state index is 0.129. The van der Waals surface area contributed by atoms with Gasteiger partial charge in [-0.3, -0.25) is 9.78 Å². The van der Waals surface area contributed by atoms with Crippen LogP contribution >= 0.6 is 0 Å². The Balaban J connectivity index is 2.62. The molecule has 0 fully saturated rings. The Kier molecular flexibility index (Phi) is 5.16. The number of anilines is 1. The van der Waals surface area contributed by atoms with Gasteiger partial charge in [0.25, 0.3) is 0 Å². The highest BCUT2D eigenvalue weighted by atomic mass is 16.5. The van der Waals surface area contributed by atoms with Gasteiger partial charge in [-0.05, 0) is 32.4 Å². The predicted octanol–water partition coefficient (Wildman–Crippen LogP) is 2.41. The zero-order chi connectivity index (χ0) is 17.0. The molecule has 0 spiro atoms. The maximum absolute atomic E-state index is 12.2. The first-order chi connectivity index (χ1) is 11.0. The number of aryl methyl sites for hydroxylation is 1. The zero-order valence-electron chi connectivity index (χ0n) is 13.5. The first-order valence-electron chi connectivity index (χ1n) is 7.49. The van der Waals surface area contributed by atoms with Crippen LogP contribution in [0.15, 0.2) is 18.2 Å². The first kappa shape index (κ1) is 16.7. The summed E-state index contributed by atoms with van der Waals surface area (Å²) in [6, 6.07) is 5.56. The topological polar surface area (TPSA) is 91.5 Å². The number of esters is 2. The number of nitrogen functional groups attached to an aromatic ring is 1. The Bertz CT molecular complexity index is 756. The van der Waals surface area contributed by atoms with Crippen LogP contribution in [-0.2, 0) is 20.7 Å². The van der Waals surface area contributed by atoms with E-state index in [1.54, 1.807) is 13.8 Å². The Hall–Kier alpha value is -2.63. The zero-order valence-corrected chi connectivity index (χ0v) is 13.5. The second-order valence-corrected chi connectivity index (χ2v) is 5.07. The van der Waals surface area contributed by atoms with Gasteiger partial charge < -0.3 is 15.2 Å². The van der Waals surface area contributed by atoms with Crippen LogP contribution in [0, 0.1) is 6.92 Å². The van der Waals surface area contributed by atoms with E-state index in [4.69, 9.17) is 15.2 Å². The van der Waals surface area contributed by atoms with Crippen molar-refractivity contribution in [3.63, 3.8) is 0 Å². The third kappa shape index (κ3) is 3.59. The number of hydrogen-bond donors (Lipinski definition) is 1. The number of benzene rings is 1. The van der Waals surface area contributed by atoms with Crippen LogP contribution in [0.5, 0.6) is 0 Å². The fraction of sp³-hybridized carbons (Fsp3) is 0.353. The quantitative estimate of drug-likeness (QED) is 0.852. The van der Waals surface area contributed by atoms with Crippen molar-refractivity contribution in [3.8, 4) is 0 Å². The molecular weight excluding hydrogens is 296 g/mol. The van der Waals surface area contributed by atoms with Crippen LogP contribution in [0.4, 0.5) is 5.69 Å². The van der Waals surface area contributed by atoms with Gasteiger partial charge in [-0.1, -0.05) is 12.1 Å². The van der Waals surface area contributed by atoms with Gasteiger partial charge in [0.1, 0.15) is 5.56 Å². The summed E-state index contributed by atoms with van der Waals surface area (Å²) >= 11 is 0. The molecular formula is C17H20N2O4. The van der Waals surface area contributed by atoms with E-state index >= 15 is 0 Å². The molecule has 2 rings (SSSR count). The summed E-state index contributed by atoms with van der Waals surface area (Å²) in [5.74, 6) is -1.05. The van der Waals surface area contributed by atoms with Gasteiger partial charge in [0.05, 0.1) is 36.5 Å². The van der Waals surface area contributed by atoms with E-state index in [9.17, 15) is 9.59 Å². The number of nitrogens with zero attached hydrogens (tertiary/aromatic N) is 1. The van der Waals surface area contributed by atoms with Crippen molar-refractivity contribution in [1.29, 1.82) is 0 Å². The molecule has 6 nitrogen and oxygen atoms in total. The Morgan fingerprint density at radius 3 is 2.52 bits per heavy atom.